The fourth-order valence-corrected chi connectivity index (χ4v) is 4.42. The lowest BCUT2D eigenvalue weighted by molar-refractivity contribution is 0.372. The molecule has 0 saturated heterocycles. The molecule has 1 aliphatic carbocycles. The second kappa shape index (κ2) is 5.59. The molecule has 1 fully saturated rings. The highest BCUT2D eigenvalue weighted by Crippen LogP contribution is 2.37. The molecule has 1 saturated carbocycles. The molecule has 1 aromatic carbocycles. The fraction of sp³-hybridized carbons (Fsp3) is 0.438. The van der Waals surface area contributed by atoms with Crippen molar-refractivity contribution in [3.8, 4) is 11.3 Å². The Labute approximate surface area is 124 Å². The van der Waals surface area contributed by atoms with E-state index in [2.05, 4.69) is 41.2 Å². The Morgan fingerprint density at radius 2 is 1.79 bits per heavy atom. The van der Waals surface area contributed by atoms with Gasteiger partial charge >= 0.3 is 0 Å². The number of aromatic nitrogens is 1. The highest BCUT2D eigenvalue weighted by molar-refractivity contribution is 7.73. The van der Waals surface area contributed by atoms with Gasteiger partial charge < -0.3 is 0 Å². The normalized spacial score (nSPS) is 16.7. The maximum Gasteiger partial charge on any atom is 0.112 e. The minimum absolute atomic E-state index is 0.657. The van der Waals surface area contributed by atoms with Crippen LogP contribution in [0.5, 0.6) is 0 Å². The number of rotatable bonds is 2. The van der Waals surface area contributed by atoms with Crippen LogP contribution in [0.15, 0.2) is 30.3 Å². The van der Waals surface area contributed by atoms with E-state index in [0.717, 1.165) is 3.82 Å². The molecule has 3 rings (SSSR count). The van der Waals surface area contributed by atoms with Gasteiger partial charge in [0, 0.05) is 11.6 Å². The molecule has 0 N–H and O–H groups in total. The number of hydrogen-bond acceptors (Lipinski definition) is 2. The van der Waals surface area contributed by atoms with Gasteiger partial charge in [0.15, 0.2) is 0 Å². The summed E-state index contributed by atoms with van der Waals surface area (Å²) in [7, 11) is 0. The van der Waals surface area contributed by atoms with Gasteiger partial charge in [-0.15, -0.1) is 0 Å². The van der Waals surface area contributed by atoms with Crippen LogP contribution in [0.1, 0.15) is 43.7 Å². The topological polar surface area (TPSA) is 4.93 Å². The fourth-order valence-electron chi connectivity index (χ4n) is 2.98. The lowest BCUT2D eigenvalue weighted by Crippen LogP contribution is -2.11. The van der Waals surface area contributed by atoms with E-state index in [9.17, 15) is 0 Å². The van der Waals surface area contributed by atoms with Gasteiger partial charge in [-0.3, -0.25) is 3.96 Å². The van der Waals surface area contributed by atoms with E-state index in [1.54, 1.807) is 11.5 Å². The molecule has 2 aromatic rings. The average Bonchev–Trinajstić information content (AvgIpc) is 2.77. The van der Waals surface area contributed by atoms with Gasteiger partial charge in [-0.25, -0.2) is 0 Å². The number of benzene rings is 1. The quantitative estimate of drug-likeness (QED) is 0.636. The van der Waals surface area contributed by atoms with Gasteiger partial charge in [0.1, 0.15) is 3.82 Å². The molecule has 0 bridgehead atoms. The van der Waals surface area contributed by atoms with Crippen molar-refractivity contribution in [3.05, 3.63) is 39.7 Å². The summed E-state index contributed by atoms with van der Waals surface area (Å²) >= 11 is 7.30. The van der Waals surface area contributed by atoms with Gasteiger partial charge in [-0.05, 0) is 36.9 Å². The van der Waals surface area contributed by atoms with Crippen molar-refractivity contribution in [3.63, 3.8) is 0 Å². The Hall–Kier alpha value is -0.930. The molecule has 0 radical (unpaired) electrons. The first kappa shape index (κ1) is 13.1. The van der Waals surface area contributed by atoms with Crippen molar-refractivity contribution < 1.29 is 0 Å². The molecule has 0 atom stereocenters. The molecule has 3 heteroatoms. The third-order valence-electron chi connectivity index (χ3n) is 4.02. The lowest BCUT2D eigenvalue weighted by Gasteiger charge is -2.24. The third-order valence-corrected chi connectivity index (χ3v) is 5.70. The van der Waals surface area contributed by atoms with Gasteiger partial charge in [0.2, 0.25) is 0 Å². The Morgan fingerprint density at radius 3 is 2.47 bits per heavy atom. The highest BCUT2D eigenvalue weighted by atomic mass is 32.2. The van der Waals surface area contributed by atoms with Crippen LogP contribution in [0.3, 0.4) is 0 Å². The largest absolute Gasteiger partial charge is 0.293 e. The van der Waals surface area contributed by atoms with E-state index in [0.29, 0.717) is 6.04 Å². The van der Waals surface area contributed by atoms with Gasteiger partial charge in [0.25, 0.3) is 0 Å². The van der Waals surface area contributed by atoms with Crippen LogP contribution in [0.25, 0.3) is 11.3 Å². The molecule has 0 amide bonds. The first-order valence-electron chi connectivity index (χ1n) is 7.05. The minimum Gasteiger partial charge on any atom is -0.293 e. The first-order valence-corrected chi connectivity index (χ1v) is 8.23. The highest BCUT2D eigenvalue weighted by Gasteiger charge is 2.21. The van der Waals surface area contributed by atoms with Crippen molar-refractivity contribution >= 4 is 23.8 Å². The van der Waals surface area contributed by atoms with Crippen LogP contribution in [-0.4, -0.2) is 3.96 Å². The van der Waals surface area contributed by atoms with E-state index < -0.39 is 0 Å². The van der Waals surface area contributed by atoms with Crippen LogP contribution >= 0.6 is 23.8 Å². The molecule has 1 nitrogen and oxygen atoms in total. The molecule has 1 heterocycles. The standard InChI is InChI=1S/C16H19NS2/c1-12-15(13-8-4-2-5-9-13)17(19-16(12)18)14-10-6-3-7-11-14/h2,4-5,8-9,14H,3,6-7,10-11H2,1H3. The molecular weight excluding hydrogens is 270 g/mol. The SMILES string of the molecule is Cc1c(-c2ccccc2)n(C2CCCCC2)sc1=S. The van der Waals surface area contributed by atoms with Gasteiger partial charge in [-0.1, -0.05) is 61.8 Å². The van der Waals surface area contributed by atoms with E-state index in [1.807, 2.05) is 0 Å². The van der Waals surface area contributed by atoms with Crippen molar-refractivity contribution in [2.75, 3.05) is 0 Å². The van der Waals surface area contributed by atoms with E-state index >= 15 is 0 Å². The monoisotopic (exact) mass is 289 g/mol. The van der Waals surface area contributed by atoms with Crippen LogP contribution < -0.4 is 0 Å². The molecule has 1 aromatic heterocycles. The summed E-state index contributed by atoms with van der Waals surface area (Å²) in [6.07, 6.45) is 6.71. The predicted octanol–water partition coefficient (Wildman–Crippen LogP) is 5.76. The molecule has 19 heavy (non-hydrogen) atoms. The molecule has 1 aliphatic rings. The molecule has 0 aliphatic heterocycles. The Balaban J connectivity index is 2.10. The Kier molecular flexibility index (Phi) is 3.85. The summed E-state index contributed by atoms with van der Waals surface area (Å²) in [6, 6.07) is 11.3. The van der Waals surface area contributed by atoms with Crippen LogP contribution in [0.2, 0.25) is 0 Å². The summed E-state index contributed by atoms with van der Waals surface area (Å²) in [6.45, 7) is 2.17. The minimum atomic E-state index is 0.657. The summed E-state index contributed by atoms with van der Waals surface area (Å²) in [4.78, 5) is 0. The second-order valence-corrected chi connectivity index (χ2v) is 6.99. The summed E-state index contributed by atoms with van der Waals surface area (Å²) in [5.74, 6) is 0. The molecule has 100 valence electrons. The zero-order valence-electron chi connectivity index (χ0n) is 11.3. The third kappa shape index (κ3) is 2.54. The van der Waals surface area contributed by atoms with Crippen LogP contribution in [0, 0.1) is 10.7 Å². The predicted molar refractivity (Wildman–Crippen MR) is 85.4 cm³/mol. The van der Waals surface area contributed by atoms with Crippen molar-refractivity contribution in [1.29, 1.82) is 0 Å². The van der Waals surface area contributed by atoms with Gasteiger partial charge in [-0.2, -0.15) is 0 Å². The van der Waals surface area contributed by atoms with Crippen LogP contribution in [0.4, 0.5) is 0 Å². The van der Waals surface area contributed by atoms with Crippen molar-refractivity contribution in [1.82, 2.24) is 3.96 Å². The summed E-state index contributed by atoms with van der Waals surface area (Å²) in [5, 5.41) is 0. The molecule has 0 spiro atoms. The zero-order valence-corrected chi connectivity index (χ0v) is 12.9. The zero-order chi connectivity index (χ0) is 13.2. The smallest absolute Gasteiger partial charge is 0.112 e. The average molecular weight is 289 g/mol. The van der Waals surface area contributed by atoms with E-state index in [4.69, 9.17) is 12.2 Å². The van der Waals surface area contributed by atoms with Gasteiger partial charge in [0.05, 0.1) is 5.69 Å². The Bertz CT molecular complexity index is 603. The first-order chi connectivity index (χ1) is 9.27. The lowest BCUT2D eigenvalue weighted by atomic mass is 9.95. The second-order valence-electron chi connectivity index (χ2n) is 5.34. The number of hydrogen-bond donors (Lipinski definition) is 0. The summed E-state index contributed by atoms with van der Waals surface area (Å²) < 4.78 is 3.54. The van der Waals surface area contributed by atoms with Crippen LogP contribution in [-0.2, 0) is 0 Å². The van der Waals surface area contributed by atoms with E-state index in [1.165, 1.54) is 48.9 Å². The molecular formula is C16H19NS2. The van der Waals surface area contributed by atoms with Crippen molar-refractivity contribution in [2.24, 2.45) is 0 Å². The van der Waals surface area contributed by atoms with Crippen molar-refractivity contribution in [2.45, 2.75) is 45.1 Å². The number of nitrogens with zero attached hydrogens (tertiary/aromatic N) is 1. The van der Waals surface area contributed by atoms with E-state index in [-0.39, 0.29) is 0 Å². The molecule has 0 unspecified atom stereocenters. The maximum absolute atomic E-state index is 5.53. The Morgan fingerprint density at radius 1 is 1.11 bits per heavy atom. The maximum atomic E-state index is 5.53. The summed E-state index contributed by atoms with van der Waals surface area (Å²) in [5.41, 5.74) is 3.93.